The molecule has 0 saturated heterocycles. The van der Waals surface area contributed by atoms with Crippen molar-refractivity contribution in [1.29, 1.82) is 0 Å². The number of nitrogens with one attached hydrogen (secondary N) is 1. The van der Waals surface area contributed by atoms with Crippen molar-refractivity contribution < 1.29 is 5.11 Å². The molecular weight excluding hydrogens is 272 g/mol. The van der Waals surface area contributed by atoms with Crippen molar-refractivity contribution >= 4 is 17.3 Å². The molecule has 4 heteroatoms. The summed E-state index contributed by atoms with van der Waals surface area (Å²) in [5, 5.41) is 14.9. The Morgan fingerprint density at radius 3 is 2.70 bits per heavy atom. The van der Waals surface area contributed by atoms with Gasteiger partial charge in [-0.2, -0.15) is 5.10 Å². The van der Waals surface area contributed by atoms with Gasteiger partial charge in [0.25, 0.3) is 0 Å². The van der Waals surface area contributed by atoms with Gasteiger partial charge in [0.2, 0.25) is 0 Å². The molecule has 2 aromatic rings. The van der Waals surface area contributed by atoms with Gasteiger partial charge in [-0.3, -0.25) is 0 Å². The molecule has 0 amide bonds. The van der Waals surface area contributed by atoms with Crippen molar-refractivity contribution in [3.05, 3.63) is 64.2 Å². The van der Waals surface area contributed by atoms with Gasteiger partial charge < -0.3 is 10.5 Å². The molecule has 0 fully saturated rings. The lowest BCUT2D eigenvalue weighted by atomic mass is 9.98. The van der Waals surface area contributed by atoms with Crippen LogP contribution in [0.2, 0.25) is 5.02 Å². The third-order valence-corrected chi connectivity index (χ3v) is 3.74. The van der Waals surface area contributed by atoms with Crippen LogP contribution in [0, 0.1) is 6.92 Å². The molecule has 1 aliphatic heterocycles. The first kappa shape index (κ1) is 13.0. The third-order valence-electron chi connectivity index (χ3n) is 3.50. The lowest BCUT2D eigenvalue weighted by molar-refractivity contribution is 0.455. The zero-order chi connectivity index (χ0) is 14.1. The SMILES string of the molecule is Cc1ccc(C2=NN[C@@H](c3cc(Cl)ccc3O)C2)cc1. The van der Waals surface area contributed by atoms with E-state index in [9.17, 15) is 5.11 Å². The second-order valence-electron chi connectivity index (χ2n) is 5.01. The molecule has 3 rings (SSSR count). The zero-order valence-electron chi connectivity index (χ0n) is 11.1. The van der Waals surface area contributed by atoms with E-state index in [1.807, 2.05) is 0 Å². The molecule has 0 radical (unpaired) electrons. The minimum atomic E-state index is -0.0370. The summed E-state index contributed by atoms with van der Waals surface area (Å²) < 4.78 is 0. The number of phenolic OH excluding ortho intramolecular Hbond substituents is 1. The molecule has 1 atom stereocenters. The van der Waals surface area contributed by atoms with E-state index in [1.54, 1.807) is 18.2 Å². The molecule has 0 bridgehead atoms. The van der Waals surface area contributed by atoms with Gasteiger partial charge in [-0.05, 0) is 30.7 Å². The van der Waals surface area contributed by atoms with Crippen LogP contribution in [-0.4, -0.2) is 10.8 Å². The fourth-order valence-corrected chi connectivity index (χ4v) is 2.53. The van der Waals surface area contributed by atoms with Crippen LogP contribution in [0.1, 0.15) is 29.2 Å². The third kappa shape index (κ3) is 2.49. The molecule has 1 aliphatic rings. The number of halogens is 1. The molecule has 0 aromatic heterocycles. The van der Waals surface area contributed by atoms with Crippen LogP contribution >= 0.6 is 11.6 Å². The molecule has 20 heavy (non-hydrogen) atoms. The molecule has 1 heterocycles. The largest absolute Gasteiger partial charge is 0.508 e. The summed E-state index contributed by atoms with van der Waals surface area (Å²) in [5.41, 5.74) is 7.18. The van der Waals surface area contributed by atoms with Gasteiger partial charge in [-0.1, -0.05) is 41.4 Å². The Morgan fingerprint density at radius 1 is 1.20 bits per heavy atom. The molecular formula is C16H15ClN2O. The van der Waals surface area contributed by atoms with Crippen LogP contribution in [0.5, 0.6) is 5.75 Å². The first-order valence-electron chi connectivity index (χ1n) is 6.51. The molecule has 2 aromatic carbocycles. The first-order valence-corrected chi connectivity index (χ1v) is 6.89. The quantitative estimate of drug-likeness (QED) is 0.882. The Bertz CT molecular complexity index is 665. The van der Waals surface area contributed by atoms with E-state index in [4.69, 9.17) is 11.6 Å². The minimum Gasteiger partial charge on any atom is -0.508 e. The zero-order valence-corrected chi connectivity index (χ0v) is 11.9. The molecule has 2 N–H and O–H groups in total. The molecule has 0 saturated carbocycles. The predicted octanol–water partition coefficient (Wildman–Crippen LogP) is 3.79. The fraction of sp³-hybridized carbons (Fsp3) is 0.188. The normalized spacial score (nSPS) is 17.7. The van der Waals surface area contributed by atoms with E-state index in [0.717, 1.165) is 23.3 Å². The summed E-state index contributed by atoms with van der Waals surface area (Å²) >= 11 is 5.99. The number of phenols is 1. The number of rotatable bonds is 2. The first-order chi connectivity index (χ1) is 9.63. The second-order valence-corrected chi connectivity index (χ2v) is 5.45. The Hall–Kier alpha value is -2.00. The molecule has 3 nitrogen and oxygen atoms in total. The van der Waals surface area contributed by atoms with Crippen LogP contribution in [-0.2, 0) is 0 Å². The summed E-state index contributed by atoms with van der Waals surface area (Å²) in [5.74, 6) is 0.243. The highest BCUT2D eigenvalue weighted by Crippen LogP contribution is 2.32. The summed E-state index contributed by atoms with van der Waals surface area (Å²) in [6.07, 6.45) is 0.733. The van der Waals surface area contributed by atoms with E-state index in [2.05, 4.69) is 41.7 Å². The molecule has 0 aliphatic carbocycles. The highest BCUT2D eigenvalue weighted by molar-refractivity contribution is 6.30. The Balaban J connectivity index is 1.82. The van der Waals surface area contributed by atoms with Crippen molar-refractivity contribution in [2.24, 2.45) is 5.10 Å². The fourth-order valence-electron chi connectivity index (χ4n) is 2.35. The number of benzene rings is 2. The van der Waals surface area contributed by atoms with Crippen LogP contribution in [0.15, 0.2) is 47.6 Å². The van der Waals surface area contributed by atoms with Gasteiger partial charge in [0.1, 0.15) is 5.75 Å². The number of nitrogens with zero attached hydrogens (tertiary/aromatic N) is 1. The van der Waals surface area contributed by atoms with Crippen LogP contribution in [0.3, 0.4) is 0 Å². The Morgan fingerprint density at radius 2 is 1.95 bits per heavy atom. The van der Waals surface area contributed by atoms with Gasteiger partial charge in [0.05, 0.1) is 11.8 Å². The van der Waals surface area contributed by atoms with Crippen molar-refractivity contribution in [2.75, 3.05) is 0 Å². The molecule has 102 valence electrons. The maximum Gasteiger partial charge on any atom is 0.121 e. The number of hydrogen-bond donors (Lipinski definition) is 2. The molecule has 0 unspecified atom stereocenters. The highest BCUT2D eigenvalue weighted by atomic mass is 35.5. The van der Waals surface area contributed by atoms with Crippen LogP contribution < -0.4 is 5.43 Å². The van der Waals surface area contributed by atoms with Gasteiger partial charge in [-0.25, -0.2) is 0 Å². The average Bonchev–Trinajstić information content (AvgIpc) is 2.92. The van der Waals surface area contributed by atoms with Crippen molar-refractivity contribution in [1.82, 2.24) is 5.43 Å². The highest BCUT2D eigenvalue weighted by Gasteiger charge is 2.23. The number of aryl methyl sites for hydroxylation is 1. The predicted molar refractivity (Wildman–Crippen MR) is 81.3 cm³/mol. The van der Waals surface area contributed by atoms with E-state index < -0.39 is 0 Å². The lowest BCUT2D eigenvalue weighted by Crippen LogP contribution is -2.10. The van der Waals surface area contributed by atoms with Gasteiger partial charge in [0.15, 0.2) is 0 Å². The Kier molecular flexibility index (Phi) is 3.36. The van der Waals surface area contributed by atoms with E-state index in [1.165, 1.54) is 5.56 Å². The maximum absolute atomic E-state index is 9.94. The minimum absolute atomic E-state index is 0.0370. The number of aromatic hydroxyl groups is 1. The lowest BCUT2D eigenvalue weighted by Gasteiger charge is -2.12. The van der Waals surface area contributed by atoms with Gasteiger partial charge in [0, 0.05) is 17.0 Å². The van der Waals surface area contributed by atoms with Crippen molar-refractivity contribution in [2.45, 2.75) is 19.4 Å². The smallest absolute Gasteiger partial charge is 0.121 e. The van der Waals surface area contributed by atoms with Crippen molar-refractivity contribution in [3.8, 4) is 5.75 Å². The van der Waals surface area contributed by atoms with E-state index in [0.29, 0.717) is 5.02 Å². The summed E-state index contributed by atoms with van der Waals surface area (Å²) in [6, 6.07) is 13.3. The summed E-state index contributed by atoms with van der Waals surface area (Å²) in [7, 11) is 0. The molecule has 0 spiro atoms. The van der Waals surface area contributed by atoms with Crippen LogP contribution in [0.4, 0.5) is 0 Å². The van der Waals surface area contributed by atoms with Gasteiger partial charge >= 0.3 is 0 Å². The second kappa shape index (κ2) is 5.17. The maximum atomic E-state index is 9.94. The standard InChI is InChI=1S/C16H15ClN2O/c1-10-2-4-11(5-3-10)14-9-15(19-18-14)13-8-12(17)6-7-16(13)20/h2-8,15,19-20H,9H2,1H3/t15-/m1/s1. The van der Waals surface area contributed by atoms with E-state index in [-0.39, 0.29) is 11.8 Å². The number of hydrazone groups is 1. The Labute approximate surface area is 122 Å². The average molecular weight is 287 g/mol. The number of hydrogen-bond acceptors (Lipinski definition) is 3. The topological polar surface area (TPSA) is 44.6 Å². The van der Waals surface area contributed by atoms with E-state index >= 15 is 0 Å². The van der Waals surface area contributed by atoms with Crippen molar-refractivity contribution in [3.63, 3.8) is 0 Å². The summed E-state index contributed by atoms with van der Waals surface area (Å²) in [4.78, 5) is 0. The van der Waals surface area contributed by atoms with Crippen LogP contribution in [0.25, 0.3) is 0 Å². The monoisotopic (exact) mass is 286 g/mol. The van der Waals surface area contributed by atoms with Gasteiger partial charge in [-0.15, -0.1) is 0 Å². The summed E-state index contributed by atoms with van der Waals surface area (Å²) in [6.45, 7) is 2.06.